The maximum atomic E-state index is 12.2. The second-order valence-electron chi connectivity index (χ2n) is 5.81. The van der Waals surface area contributed by atoms with Crippen LogP contribution in [-0.4, -0.2) is 27.9 Å². The summed E-state index contributed by atoms with van der Waals surface area (Å²) in [6.45, 7) is 5.88. The summed E-state index contributed by atoms with van der Waals surface area (Å²) in [6, 6.07) is 8.73. The second-order valence-corrected chi connectivity index (χ2v) is 7.00. The first-order valence-corrected chi connectivity index (χ1v) is 8.67. The van der Waals surface area contributed by atoms with Gasteiger partial charge in [0, 0.05) is 12.1 Å². The van der Waals surface area contributed by atoms with Crippen LogP contribution in [0, 0.1) is 17.2 Å². The van der Waals surface area contributed by atoms with E-state index in [0.29, 0.717) is 16.4 Å². The van der Waals surface area contributed by atoms with Crippen molar-refractivity contribution in [2.75, 3.05) is 5.32 Å². The third kappa shape index (κ3) is 5.16. The number of nitrogens with zero attached hydrogens (tertiary/aromatic N) is 3. The van der Waals surface area contributed by atoms with Crippen LogP contribution in [0.15, 0.2) is 34.5 Å². The summed E-state index contributed by atoms with van der Waals surface area (Å²) in [5, 5.41) is 22.3. The lowest BCUT2D eigenvalue weighted by molar-refractivity contribution is -0.122. The minimum Gasteiger partial charge on any atom is -0.325 e. The number of rotatable bonds is 5. The van der Waals surface area contributed by atoms with E-state index in [9.17, 15) is 9.59 Å². The lowest BCUT2D eigenvalue weighted by atomic mass is 10.1. The molecule has 0 saturated carbocycles. The minimum absolute atomic E-state index is 0.0117. The van der Waals surface area contributed by atoms with Crippen molar-refractivity contribution in [3.05, 3.63) is 29.8 Å². The van der Waals surface area contributed by atoms with Crippen molar-refractivity contribution in [2.45, 2.75) is 32.4 Å². The topological polar surface area (TPSA) is 107 Å². The van der Waals surface area contributed by atoms with Crippen LogP contribution >= 0.6 is 11.8 Å². The van der Waals surface area contributed by atoms with E-state index in [1.807, 2.05) is 26.8 Å². The number of hydrogen-bond donors (Lipinski definition) is 2. The van der Waals surface area contributed by atoms with Crippen molar-refractivity contribution in [3.63, 3.8) is 0 Å². The zero-order valence-electron chi connectivity index (χ0n) is 14.2. The standard InChI is InChI=1S/C17H19N5O2S/c1-10(2)11(3)21-22-17-20-16(24)14(25-17)8-15(23)19-13-7-5-4-6-12(13)9-18/h4-7,10,14H,8H2,1-3H3,(H,19,23)(H,20,22,24)/b21-11-/t14-/m1/s1. The molecule has 2 N–H and O–H groups in total. The summed E-state index contributed by atoms with van der Waals surface area (Å²) in [5.74, 6) is -0.337. The molecule has 130 valence electrons. The zero-order chi connectivity index (χ0) is 18.4. The Balaban J connectivity index is 1.98. The molecular weight excluding hydrogens is 338 g/mol. The molecular formula is C17H19N5O2S. The summed E-state index contributed by atoms with van der Waals surface area (Å²) in [6.07, 6.45) is -0.0117. The SMILES string of the molecule is C/C(=N/N=C1\NC(=O)[C@@H](CC(=O)Nc2ccccc2C#N)S1)C(C)C. The number of para-hydroxylation sites is 1. The molecule has 1 atom stereocenters. The average molecular weight is 357 g/mol. The third-order valence-electron chi connectivity index (χ3n) is 3.60. The van der Waals surface area contributed by atoms with Gasteiger partial charge in [0.15, 0.2) is 5.17 Å². The molecule has 8 heteroatoms. The van der Waals surface area contributed by atoms with Gasteiger partial charge in [0.05, 0.1) is 11.3 Å². The molecule has 1 aliphatic rings. The fraction of sp³-hybridized carbons (Fsp3) is 0.353. The molecule has 1 heterocycles. The van der Waals surface area contributed by atoms with Gasteiger partial charge in [-0.25, -0.2) is 0 Å². The zero-order valence-corrected chi connectivity index (χ0v) is 15.1. The molecule has 0 unspecified atom stereocenters. The van der Waals surface area contributed by atoms with E-state index >= 15 is 0 Å². The summed E-state index contributed by atoms with van der Waals surface area (Å²) in [4.78, 5) is 24.1. The van der Waals surface area contributed by atoms with Crippen molar-refractivity contribution < 1.29 is 9.59 Å². The summed E-state index contributed by atoms with van der Waals surface area (Å²) >= 11 is 1.18. The van der Waals surface area contributed by atoms with Crippen LogP contribution < -0.4 is 10.6 Å². The van der Waals surface area contributed by atoms with Crippen molar-refractivity contribution in [1.29, 1.82) is 5.26 Å². The van der Waals surface area contributed by atoms with Gasteiger partial charge in [-0.3, -0.25) is 9.59 Å². The van der Waals surface area contributed by atoms with E-state index in [-0.39, 0.29) is 24.2 Å². The van der Waals surface area contributed by atoms with Crippen LogP contribution in [0.1, 0.15) is 32.8 Å². The molecule has 0 spiro atoms. The van der Waals surface area contributed by atoms with Crippen LogP contribution in [-0.2, 0) is 9.59 Å². The molecule has 2 rings (SSSR count). The maximum absolute atomic E-state index is 12.2. The molecule has 1 aromatic rings. The van der Waals surface area contributed by atoms with Gasteiger partial charge >= 0.3 is 0 Å². The Hall–Kier alpha value is -2.66. The lowest BCUT2D eigenvalue weighted by Gasteiger charge is -2.08. The Bertz CT molecular complexity index is 779. The Morgan fingerprint density at radius 2 is 2.16 bits per heavy atom. The summed E-state index contributed by atoms with van der Waals surface area (Å²) in [7, 11) is 0. The van der Waals surface area contributed by atoms with Crippen LogP contribution in [0.5, 0.6) is 0 Å². The van der Waals surface area contributed by atoms with E-state index in [0.717, 1.165) is 5.71 Å². The highest BCUT2D eigenvalue weighted by molar-refractivity contribution is 8.15. The molecule has 0 bridgehead atoms. The number of nitrogens with one attached hydrogen (secondary N) is 2. The van der Waals surface area contributed by atoms with Crippen LogP contribution in [0.25, 0.3) is 0 Å². The maximum Gasteiger partial charge on any atom is 0.240 e. The molecule has 0 aliphatic carbocycles. The number of anilines is 1. The summed E-state index contributed by atoms with van der Waals surface area (Å²) < 4.78 is 0. The predicted molar refractivity (Wildman–Crippen MR) is 99.3 cm³/mol. The Kier molecular flexibility index (Phi) is 6.31. The second kappa shape index (κ2) is 8.44. The van der Waals surface area contributed by atoms with Gasteiger partial charge < -0.3 is 10.6 Å². The number of amides is 2. The first-order valence-electron chi connectivity index (χ1n) is 7.79. The fourth-order valence-electron chi connectivity index (χ4n) is 1.89. The highest BCUT2D eigenvalue weighted by atomic mass is 32.2. The molecule has 25 heavy (non-hydrogen) atoms. The minimum atomic E-state index is -0.567. The normalized spacial score (nSPS) is 19.0. The quantitative estimate of drug-likeness (QED) is 0.623. The number of amidine groups is 1. The van der Waals surface area contributed by atoms with Crippen LogP contribution in [0.4, 0.5) is 5.69 Å². The Morgan fingerprint density at radius 1 is 1.44 bits per heavy atom. The number of thioether (sulfide) groups is 1. The van der Waals surface area contributed by atoms with E-state index in [1.165, 1.54) is 11.8 Å². The summed E-state index contributed by atoms with van der Waals surface area (Å²) in [5.41, 5.74) is 1.67. The van der Waals surface area contributed by atoms with Crippen molar-refractivity contribution in [1.82, 2.24) is 5.32 Å². The smallest absolute Gasteiger partial charge is 0.240 e. The van der Waals surface area contributed by atoms with Gasteiger partial charge in [0.25, 0.3) is 0 Å². The molecule has 1 fully saturated rings. The number of hydrogen-bond acceptors (Lipinski definition) is 6. The predicted octanol–water partition coefficient (Wildman–Crippen LogP) is 2.51. The number of nitriles is 1. The highest BCUT2D eigenvalue weighted by Gasteiger charge is 2.32. The Labute approximate surface area is 150 Å². The fourth-order valence-corrected chi connectivity index (χ4v) is 2.80. The first kappa shape index (κ1) is 18.7. The monoisotopic (exact) mass is 357 g/mol. The number of carbonyl (C=O) groups excluding carboxylic acids is 2. The van der Waals surface area contributed by atoms with Crippen molar-refractivity contribution in [2.24, 2.45) is 16.1 Å². The third-order valence-corrected chi connectivity index (χ3v) is 4.68. The van der Waals surface area contributed by atoms with Gasteiger partial charge in [0.1, 0.15) is 11.3 Å². The Morgan fingerprint density at radius 3 is 2.84 bits per heavy atom. The molecule has 1 saturated heterocycles. The van der Waals surface area contributed by atoms with Gasteiger partial charge in [-0.2, -0.15) is 10.4 Å². The van der Waals surface area contributed by atoms with Gasteiger partial charge in [-0.1, -0.05) is 37.7 Å². The van der Waals surface area contributed by atoms with E-state index in [1.54, 1.807) is 24.3 Å². The van der Waals surface area contributed by atoms with E-state index < -0.39 is 5.25 Å². The molecule has 0 radical (unpaired) electrons. The average Bonchev–Trinajstić information content (AvgIpc) is 2.92. The van der Waals surface area contributed by atoms with E-state index in [2.05, 4.69) is 20.8 Å². The van der Waals surface area contributed by atoms with Crippen LogP contribution in [0.3, 0.4) is 0 Å². The van der Waals surface area contributed by atoms with Gasteiger partial charge in [0.2, 0.25) is 11.8 Å². The molecule has 2 amide bonds. The van der Waals surface area contributed by atoms with Crippen molar-refractivity contribution >= 4 is 40.1 Å². The number of benzene rings is 1. The molecule has 1 aromatic carbocycles. The largest absolute Gasteiger partial charge is 0.325 e. The molecule has 1 aliphatic heterocycles. The van der Waals surface area contributed by atoms with Gasteiger partial charge in [-0.15, -0.1) is 5.10 Å². The molecule has 7 nitrogen and oxygen atoms in total. The van der Waals surface area contributed by atoms with Gasteiger partial charge in [-0.05, 0) is 25.0 Å². The molecule has 0 aromatic heterocycles. The lowest BCUT2D eigenvalue weighted by Crippen LogP contribution is -2.28. The number of carbonyl (C=O) groups is 2. The first-order chi connectivity index (χ1) is 11.9. The van der Waals surface area contributed by atoms with Crippen molar-refractivity contribution in [3.8, 4) is 6.07 Å². The van der Waals surface area contributed by atoms with Crippen LogP contribution in [0.2, 0.25) is 0 Å². The highest BCUT2D eigenvalue weighted by Crippen LogP contribution is 2.23. The van der Waals surface area contributed by atoms with E-state index in [4.69, 9.17) is 5.26 Å².